The Bertz CT molecular complexity index is 772. The number of aromatic nitrogens is 3. The third kappa shape index (κ3) is 2.53. The molecular weight excluding hydrogens is 280 g/mol. The van der Waals surface area contributed by atoms with Crippen molar-refractivity contribution >= 4 is 27.2 Å². The number of benzene rings is 1. The van der Waals surface area contributed by atoms with Crippen molar-refractivity contribution in [3.63, 3.8) is 0 Å². The van der Waals surface area contributed by atoms with E-state index in [1.165, 1.54) is 16.0 Å². The maximum Gasteiger partial charge on any atom is 0.0813 e. The summed E-state index contributed by atoms with van der Waals surface area (Å²) in [5.41, 5.74) is 7.72. The first-order valence-electron chi connectivity index (χ1n) is 7.23. The van der Waals surface area contributed by atoms with Gasteiger partial charge in [0.15, 0.2) is 0 Å². The summed E-state index contributed by atoms with van der Waals surface area (Å²) < 4.78 is 3.28. The first kappa shape index (κ1) is 14.1. The highest BCUT2D eigenvalue weighted by Gasteiger charge is 2.17. The quantitative estimate of drug-likeness (QED) is 0.781. The standard InChI is InChI=1S/C16H20N4S/c1-5-20-12(4)16(11(3)19-20)10(2)18-13-6-7-14-15(8-13)21-9-17-14/h6-10,18H,5H2,1-4H3. The summed E-state index contributed by atoms with van der Waals surface area (Å²) in [4.78, 5) is 4.32. The molecule has 0 aliphatic rings. The van der Waals surface area contributed by atoms with Crippen LogP contribution in [0, 0.1) is 13.8 Å². The third-order valence-electron chi connectivity index (χ3n) is 3.88. The molecule has 0 spiro atoms. The highest BCUT2D eigenvalue weighted by atomic mass is 32.1. The number of anilines is 1. The van der Waals surface area contributed by atoms with Crippen LogP contribution in [0.2, 0.25) is 0 Å². The van der Waals surface area contributed by atoms with Crippen LogP contribution in [0.15, 0.2) is 23.7 Å². The van der Waals surface area contributed by atoms with E-state index in [1.807, 2.05) is 5.51 Å². The molecule has 3 aromatic rings. The highest BCUT2D eigenvalue weighted by Crippen LogP contribution is 2.27. The lowest BCUT2D eigenvalue weighted by atomic mass is 10.1. The molecule has 1 N–H and O–H groups in total. The zero-order valence-electron chi connectivity index (χ0n) is 12.8. The Morgan fingerprint density at radius 1 is 1.33 bits per heavy atom. The van der Waals surface area contributed by atoms with Gasteiger partial charge in [0, 0.05) is 23.5 Å². The Morgan fingerprint density at radius 2 is 2.14 bits per heavy atom. The molecule has 4 nitrogen and oxygen atoms in total. The minimum absolute atomic E-state index is 0.232. The van der Waals surface area contributed by atoms with Crippen molar-refractivity contribution in [1.82, 2.24) is 14.8 Å². The molecule has 110 valence electrons. The lowest BCUT2D eigenvalue weighted by molar-refractivity contribution is 0.632. The minimum atomic E-state index is 0.232. The minimum Gasteiger partial charge on any atom is -0.378 e. The van der Waals surface area contributed by atoms with Gasteiger partial charge in [-0.15, -0.1) is 11.3 Å². The van der Waals surface area contributed by atoms with Crippen molar-refractivity contribution in [2.45, 2.75) is 40.3 Å². The largest absolute Gasteiger partial charge is 0.378 e. The zero-order chi connectivity index (χ0) is 15.0. The molecule has 0 radical (unpaired) electrons. The number of rotatable bonds is 4. The van der Waals surface area contributed by atoms with Crippen molar-refractivity contribution in [3.05, 3.63) is 40.7 Å². The molecule has 0 bridgehead atoms. The summed E-state index contributed by atoms with van der Waals surface area (Å²) >= 11 is 1.67. The van der Waals surface area contributed by atoms with Gasteiger partial charge in [-0.1, -0.05) is 0 Å². The van der Waals surface area contributed by atoms with Crippen LogP contribution in [0.25, 0.3) is 10.2 Å². The van der Waals surface area contributed by atoms with E-state index >= 15 is 0 Å². The van der Waals surface area contributed by atoms with Crippen LogP contribution in [-0.2, 0) is 6.54 Å². The number of nitrogens with one attached hydrogen (secondary N) is 1. The number of nitrogens with zero attached hydrogens (tertiary/aromatic N) is 3. The van der Waals surface area contributed by atoms with Crippen LogP contribution in [0.4, 0.5) is 5.69 Å². The fourth-order valence-corrected chi connectivity index (χ4v) is 3.63. The van der Waals surface area contributed by atoms with Gasteiger partial charge >= 0.3 is 0 Å². The van der Waals surface area contributed by atoms with Crippen LogP contribution in [0.5, 0.6) is 0 Å². The average molecular weight is 300 g/mol. The van der Waals surface area contributed by atoms with E-state index in [4.69, 9.17) is 0 Å². The van der Waals surface area contributed by atoms with Crippen molar-refractivity contribution in [3.8, 4) is 0 Å². The van der Waals surface area contributed by atoms with Crippen LogP contribution >= 0.6 is 11.3 Å². The topological polar surface area (TPSA) is 42.7 Å². The van der Waals surface area contributed by atoms with Gasteiger partial charge in [-0.2, -0.15) is 5.10 Å². The van der Waals surface area contributed by atoms with Crippen LogP contribution in [0.3, 0.4) is 0 Å². The zero-order valence-corrected chi connectivity index (χ0v) is 13.7. The number of hydrogen-bond acceptors (Lipinski definition) is 4. The number of thiazole rings is 1. The maximum atomic E-state index is 4.60. The van der Waals surface area contributed by atoms with Gasteiger partial charge in [0.05, 0.1) is 27.5 Å². The predicted octanol–water partition coefficient (Wildman–Crippen LogP) is 4.30. The summed E-state index contributed by atoms with van der Waals surface area (Å²) in [5.74, 6) is 0. The molecule has 5 heteroatoms. The van der Waals surface area contributed by atoms with E-state index in [2.05, 4.69) is 66.0 Å². The first-order chi connectivity index (χ1) is 10.1. The number of hydrogen-bond donors (Lipinski definition) is 1. The van der Waals surface area contributed by atoms with Crippen molar-refractivity contribution in [2.75, 3.05) is 5.32 Å². The Hall–Kier alpha value is -1.88. The summed E-state index contributed by atoms with van der Waals surface area (Å²) in [7, 11) is 0. The smallest absolute Gasteiger partial charge is 0.0813 e. The van der Waals surface area contributed by atoms with Gasteiger partial charge < -0.3 is 5.32 Å². The molecule has 2 aromatic heterocycles. The van der Waals surface area contributed by atoms with E-state index < -0.39 is 0 Å². The fourth-order valence-electron chi connectivity index (χ4n) is 2.91. The van der Waals surface area contributed by atoms with Gasteiger partial charge in [-0.25, -0.2) is 4.98 Å². The van der Waals surface area contributed by atoms with Crippen molar-refractivity contribution < 1.29 is 0 Å². The average Bonchev–Trinajstić information content (AvgIpc) is 3.02. The van der Waals surface area contributed by atoms with Crippen LogP contribution < -0.4 is 5.32 Å². The molecule has 2 heterocycles. The van der Waals surface area contributed by atoms with Crippen molar-refractivity contribution in [1.29, 1.82) is 0 Å². The molecule has 1 aromatic carbocycles. The summed E-state index contributed by atoms with van der Waals surface area (Å²) in [6.07, 6.45) is 0. The molecule has 0 saturated heterocycles. The second kappa shape index (κ2) is 5.48. The molecule has 0 saturated carbocycles. The lowest BCUT2D eigenvalue weighted by Crippen LogP contribution is -2.09. The van der Waals surface area contributed by atoms with Gasteiger partial charge in [0.2, 0.25) is 0 Å². The van der Waals surface area contributed by atoms with E-state index in [-0.39, 0.29) is 6.04 Å². The SMILES string of the molecule is CCn1nc(C)c(C(C)Nc2ccc3ncsc3c2)c1C. The third-order valence-corrected chi connectivity index (χ3v) is 4.68. The summed E-state index contributed by atoms with van der Waals surface area (Å²) in [5, 5.41) is 8.19. The normalized spacial score (nSPS) is 12.8. The molecule has 0 aliphatic carbocycles. The highest BCUT2D eigenvalue weighted by molar-refractivity contribution is 7.16. The molecular formula is C16H20N4S. The molecule has 1 atom stereocenters. The first-order valence-corrected chi connectivity index (χ1v) is 8.11. The van der Waals surface area contributed by atoms with Crippen molar-refractivity contribution in [2.24, 2.45) is 0 Å². The van der Waals surface area contributed by atoms with Gasteiger partial charge in [0.25, 0.3) is 0 Å². The van der Waals surface area contributed by atoms with E-state index in [0.29, 0.717) is 0 Å². The molecule has 3 rings (SSSR count). The molecule has 21 heavy (non-hydrogen) atoms. The Morgan fingerprint density at radius 3 is 2.86 bits per heavy atom. The molecule has 0 fully saturated rings. The van der Waals surface area contributed by atoms with E-state index in [0.717, 1.165) is 23.4 Å². The second-order valence-electron chi connectivity index (χ2n) is 5.30. The Labute approximate surface area is 128 Å². The molecule has 0 amide bonds. The Kier molecular flexibility index (Phi) is 3.68. The maximum absolute atomic E-state index is 4.60. The second-order valence-corrected chi connectivity index (χ2v) is 6.19. The molecule has 0 aliphatic heterocycles. The van der Waals surface area contributed by atoms with Gasteiger partial charge in [-0.05, 0) is 45.9 Å². The van der Waals surface area contributed by atoms with Crippen LogP contribution in [0.1, 0.15) is 36.8 Å². The predicted molar refractivity (Wildman–Crippen MR) is 89.0 cm³/mol. The Balaban J connectivity index is 1.88. The van der Waals surface area contributed by atoms with Gasteiger partial charge in [-0.3, -0.25) is 4.68 Å². The lowest BCUT2D eigenvalue weighted by Gasteiger charge is -2.16. The summed E-state index contributed by atoms with van der Waals surface area (Å²) in [6.45, 7) is 9.45. The van der Waals surface area contributed by atoms with Crippen LogP contribution in [-0.4, -0.2) is 14.8 Å². The fraction of sp³-hybridized carbons (Fsp3) is 0.375. The summed E-state index contributed by atoms with van der Waals surface area (Å²) in [6, 6.07) is 6.55. The van der Waals surface area contributed by atoms with Gasteiger partial charge in [0.1, 0.15) is 0 Å². The van der Waals surface area contributed by atoms with E-state index in [9.17, 15) is 0 Å². The number of aryl methyl sites for hydroxylation is 2. The number of fused-ring (bicyclic) bond motifs is 1. The monoisotopic (exact) mass is 300 g/mol. The van der Waals surface area contributed by atoms with E-state index in [1.54, 1.807) is 11.3 Å². The molecule has 1 unspecified atom stereocenters.